The predicted octanol–water partition coefficient (Wildman–Crippen LogP) is 3.55. The Labute approximate surface area is 88.8 Å². The van der Waals surface area contributed by atoms with Gasteiger partial charge in [0.15, 0.2) is 0 Å². The molecule has 0 saturated heterocycles. The molecule has 0 aliphatic rings. The average molecular weight is 216 g/mol. The van der Waals surface area contributed by atoms with Gasteiger partial charge in [0.1, 0.15) is 0 Å². The van der Waals surface area contributed by atoms with Crippen LogP contribution in [0.25, 0.3) is 20.2 Å². The van der Waals surface area contributed by atoms with Crippen molar-refractivity contribution in [1.82, 2.24) is 0 Å². The Morgan fingerprint density at radius 3 is 2.57 bits per heavy atom. The SMILES string of the molecule is Pc1cccc2sc3ccccc3c12. The molecule has 68 valence electrons. The molecule has 0 amide bonds. The third-order valence-corrected chi connectivity index (χ3v) is 4.05. The third kappa shape index (κ3) is 1.10. The molecule has 1 unspecified atom stereocenters. The molecule has 0 N–H and O–H groups in total. The molecule has 0 spiro atoms. The lowest BCUT2D eigenvalue weighted by Crippen LogP contribution is -1.88. The van der Waals surface area contributed by atoms with E-state index in [9.17, 15) is 0 Å². The minimum absolute atomic E-state index is 1.29. The van der Waals surface area contributed by atoms with Crippen molar-refractivity contribution in [2.24, 2.45) is 0 Å². The van der Waals surface area contributed by atoms with Gasteiger partial charge in [-0.2, -0.15) is 0 Å². The first-order valence-electron chi connectivity index (χ1n) is 4.52. The van der Waals surface area contributed by atoms with Gasteiger partial charge < -0.3 is 0 Å². The second kappa shape index (κ2) is 3.05. The third-order valence-electron chi connectivity index (χ3n) is 2.43. The van der Waals surface area contributed by atoms with Gasteiger partial charge in [-0.15, -0.1) is 20.6 Å². The van der Waals surface area contributed by atoms with Gasteiger partial charge >= 0.3 is 0 Å². The Morgan fingerprint density at radius 1 is 0.857 bits per heavy atom. The fraction of sp³-hybridized carbons (Fsp3) is 0. The van der Waals surface area contributed by atoms with Crippen LogP contribution in [-0.2, 0) is 0 Å². The van der Waals surface area contributed by atoms with E-state index >= 15 is 0 Å². The minimum atomic E-state index is 1.29. The molecule has 0 aliphatic heterocycles. The first kappa shape index (κ1) is 8.40. The van der Waals surface area contributed by atoms with Gasteiger partial charge in [-0.3, -0.25) is 0 Å². The zero-order valence-corrected chi connectivity index (χ0v) is 9.50. The smallest absolute Gasteiger partial charge is 0.0361 e. The van der Waals surface area contributed by atoms with Crippen LogP contribution >= 0.6 is 20.6 Å². The van der Waals surface area contributed by atoms with E-state index in [1.807, 2.05) is 11.3 Å². The quantitative estimate of drug-likeness (QED) is 0.504. The van der Waals surface area contributed by atoms with Gasteiger partial charge in [0.2, 0.25) is 0 Å². The van der Waals surface area contributed by atoms with Crippen LogP contribution < -0.4 is 5.30 Å². The second-order valence-corrected chi connectivity index (χ2v) is 5.02. The highest BCUT2D eigenvalue weighted by molar-refractivity contribution is 7.30. The molecule has 3 aromatic rings. The summed E-state index contributed by atoms with van der Waals surface area (Å²) in [5, 5.41) is 4.05. The number of thiophene rings is 1. The summed E-state index contributed by atoms with van der Waals surface area (Å²) in [4.78, 5) is 0. The van der Waals surface area contributed by atoms with Crippen molar-refractivity contribution in [3.05, 3.63) is 42.5 Å². The van der Waals surface area contributed by atoms with E-state index in [2.05, 4.69) is 51.7 Å². The van der Waals surface area contributed by atoms with Crippen molar-refractivity contribution in [2.75, 3.05) is 0 Å². The number of fused-ring (bicyclic) bond motifs is 3. The first-order valence-corrected chi connectivity index (χ1v) is 5.91. The maximum Gasteiger partial charge on any atom is 0.0361 e. The largest absolute Gasteiger partial charge is 0.135 e. The van der Waals surface area contributed by atoms with Crippen LogP contribution in [0.5, 0.6) is 0 Å². The topological polar surface area (TPSA) is 0 Å². The maximum atomic E-state index is 2.81. The number of hydrogen-bond acceptors (Lipinski definition) is 1. The van der Waals surface area contributed by atoms with E-state index in [0.717, 1.165) is 0 Å². The van der Waals surface area contributed by atoms with Crippen LogP contribution in [0.3, 0.4) is 0 Å². The van der Waals surface area contributed by atoms with Gasteiger partial charge in [-0.05, 0) is 17.4 Å². The summed E-state index contributed by atoms with van der Waals surface area (Å²) in [6.45, 7) is 0. The molecule has 0 radical (unpaired) electrons. The molecule has 14 heavy (non-hydrogen) atoms. The van der Waals surface area contributed by atoms with Crippen LogP contribution in [0.4, 0.5) is 0 Å². The lowest BCUT2D eigenvalue weighted by Gasteiger charge is -1.95. The van der Waals surface area contributed by atoms with Gasteiger partial charge in [0.25, 0.3) is 0 Å². The van der Waals surface area contributed by atoms with E-state index in [-0.39, 0.29) is 0 Å². The molecule has 1 atom stereocenters. The molecule has 2 aromatic carbocycles. The molecule has 0 nitrogen and oxygen atoms in total. The molecule has 0 fully saturated rings. The summed E-state index contributed by atoms with van der Waals surface area (Å²) >= 11 is 1.86. The molecular weight excluding hydrogens is 207 g/mol. The van der Waals surface area contributed by atoms with Gasteiger partial charge in [0.05, 0.1) is 0 Å². The maximum absolute atomic E-state index is 2.81. The monoisotopic (exact) mass is 216 g/mol. The van der Waals surface area contributed by atoms with E-state index in [1.165, 1.54) is 25.5 Å². The van der Waals surface area contributed by atoms with Gasteiger partial charge in [0, 0.05) is 20.2 Å². The second-order valence-electron chi connectivity index (χ2n) is 3.32. The molecule has 0 aliphatic carbocycles. The number of hydrogen-bond donors (Lipinski definition) is 0. The van der Waals surface area contributed by atoms with Crippen molar-refractivity contribution < 1.29 is 0 Å². The Hall–Kier alpha value is -0.910. The Bertz CT molecular complexity index is 610. The van der Waals surface area contributed by atoms with E-state index in [4.69, 9.17) is 0 Å². The normalized spacial score (nSPS) is 11.2. The lowest BCUT2D eigenvalue weighted by molar-refractivity contribution is 1.86. The van der Waals surface area contributed by atoms with Gasteiger partial charge in [-0.1, -0.05) is 30.3 Å². The zero-order chi connectivity index (χ0) is 9.54. The fourth-order valence-electron chi connectivity index (χ4n) is 1.80. The Morgan fingerprint density at radius 2 is 1.64 bits per heavy atom. The highest BCUT2D eigenvalue weighted by Gasteiger charge is 2.05. The van der Waals surface area contributed by atoms with Crippen molar-refractivity contribution in [2.45, 2.75) is 0 Å². The molecule has 2 heteroatoms. The Kier molecular flexibility index (Phi) is 1.83. The van der Waals surface area contributed by atoms with E-state index < -0.39 is 0 Å². The van der Waals surface area contributed by atoms with E-state index in [0.29, 0.717) is 0 Å². The molecule has 1 heterocycles. The summed E-state index contributed by atoms with van der Waals surface area (Å²) in [6, 6.07) is 15.0. The van der Waals surface area contributed by atoms with Crippen molar-refractivity contribution >= 4 is 46.1 Å². The van der Waals surface area contributed by atoms with Crippen LogP contribution in [-0.4, -0.2) is 0 Å². The standard InChI is InChI=1S/C12H9PS/c13-9-5-3-7-11-12(9)8-4-1-2-6-10(8)14-11/h1-7H,13H2. The average Bonchev–Trinajstić information content (AvgIpc) is 2.57. The van der Waals surface area contributed by atoms with E-state index in [1.54, 1.807) is 0 Å². The summed E-state index contributed by atoms with van der Waals surface area (Å²) < 4.78 is 2.75. The highest BCUT2D eigenvalue weighted by Crippen LogP contribution is 2.32. The van der Waals surface area contributed by atoms with Crippen LogP contribution in [0.2, 0.25) is 0 Å². The van der Waals surface area contributed by atoms with Crippen molar-refractivity contribution in [1.29, 1.82) is 0 Å². The highest BCUT2D eigenvalue weighted by atomic mass is 32.1. The number of rotatable bonds is 0. The fourth-order valence-corrected chi connectivity index (χ4v) is 3.47. The molecule has 1 aromatic heterocycles. The summed E-state index contributed by atoms with van der Waals surface area (Å²) in [6.07, 6.45) is 0. The lowest BCUT2D eigenvalue weighted by atomic mass is 10.1. The number of benzene rings is 2. The van der Waals surface area contributed by atoms with Crippen LogP contribution in [0, 0.1) is 0 Å². The van der Waals surface area contributed by atoms with Crippen molar-refractivity contribution in [3.63, 3.8) is 0 Å². The molecule has 0 bridgehead atoms. The van der Waals surface area contributed by atoms with Crippen LogP contribution in [0.15, 0.2) is 42.5 Å². The molecule has 3 rings (SSSR count). The summed E-state index contributed by atoms with van der Waals surface area (Å²) in [5.74, 6) is 0. The van der Waals surface area contributed by atoms with Crippen LogP contribution in [0.1, 0.15) is 0 Å². The molecular formula is C12H9PS. The first-order chi connectivity index (χ1) is 6.86. The zero-order valence-electron chi connectivity index (χ0n) is 7.53. The van der Waals surface area contributed by atoms with Crippen molar-refractivity contribution in [3.8, 4) is 0 Å². The summed E-state index contributed by atoms with van der Waals surface area (Å²) in [5.41, 5.74) is 0. The molecule has 0 saturated carbocycles. The van der Waals surface area contributed by atoms with Gasteiger partial charge in [-0.25, -0.2) is 0 Å². The minimum Gasteiger partial charge on any atom is -0.135 e. The summed E-state index contributed by atoms with van der Waals surface area (Å²) in [7, 11) is 2.81. The Balaban J connectivity index is 2.65. The predicted molar refractivity (Wildman–Crippen MR) is 68.7 cm³/mol.